The van der Waals surface area contributed by atoms with Crippen LogP contribution in [0.15, 0.2) is 28.7 Å². The van der Waals surface area contributed by atoms with E-state index in [9.17, 15) is 0 Å². The Morgan fingerprint density at radius 1 is 1.19 bits per heavy atom. The van der Waals surface area contributed by atoms with Crippen molar-refractivity contribution >= 4 is 15.9 Å². The van der Waals surface area contributed by atoms with Crippen molar-refractivity contribution in [2.24, 2.45) is 11.7 Å². The summed E-state index contributed by atoms with van der Waals surface area (Å²) in [6, 6.07) is 8.14. The maximum Gasteiger partial charge on any atom is 0.0973 e. The molecule has 0 radical (unpaired) electrons. The highest BCUT2D eigenvalue weighted by atomic mass is 79.9. The third-order valence-corrected chi connectivity index (χ3v) is 2.81. The highest BCUT2D eigenvalue weighted by Crippen LogP contribution is 2.23. The van der Waals surface area contributed by atoms with Crippen molar-refractivity contribution in [2.45, 2.75) is 32.9 Å². The summed E-state index contributed by atoms with van der Waals surface area (Å²) in [6.07, 6.45) is -0.0181. The molecule has 1 aromatic carbocycles. The van der Waals surface area contributed by atoms with E-state index >= 15 is 0 Å². The van der Waals surface area contributed by atoms with Gasteiger partial charge in [0.05, 0.1) is 6.10 Å². The zero-order chi connectivity index (χ0) is 12.1. The van der Waals surface area contributed by atoms with Crippen LogP contribution in [0, 0.1) is 5.92 Å². The van der Waals surface area contributed by atoms with Gasteiger partial charge in [-0.3, -0.25) is 0 Å². The van der Waals surface area contributed by atoms with Gasteiger partial charge in [-0.2, -0.15) is 0 Å². The summed E-state index contributed by atoms with van der Waals surface area (Å²) in [5.74, 6) is 0.525. The first-order valence-electron chi connectivity index (χ1n) is 5.63. The largest absolute Gasteiger partial charge is 0.372 e. The lowest BCUT2D eigenvalue weighted by atomic mass is 10.0. The van der Waals surface area contributed by atoms with E-state index in [0.29, 0.717) is 5.92 Å². The Bertz CT molecular complexity index is 308. The van der Waals surface area contributed by atoms with Gasteiger partial charge < -0.3 is 10.5 Å². The molecule has 0 heterocycles. The Hall–Kier alpha value is -0.380. The van der Waals surface area contributed by atoms with E-state index in [2.05, 4.69) is 41.9 Å². The van der Waals surface area contributed by atoms with Crippen LogP contribution < -0.4 is 5.73 Å². The van der Waals surface area contributed by atoms with Crippen LogP contribution in [0.4, 0.5) is 0 Å². The predicted molar refractivity (Wildman–Crippen MR) is 71.3 cm³/mol. The molecule has 2 unspecified atom stereocenters. The number of rotatable bonds is 5. The van der Waals surface area contributed by atoms with Crippen molar-refractivity contribution < 1.29 is 4.74 Å². The molecule has 0 aromatic heterocycles. The van der Waals surface area contributed by atoms with Gasteiger partial charge in [-0.05, 0) is 30.5 Å². The normalized spacial score (nSPS) is 15.1. The van der Waals surface area contributed by atoms with Crippen LogP contribution >= 0.6 is 15.9 Å². The Kier molecular flexibility index (Phi) is 5.46. The second-order valence-corrected chi connectivity index (χ2v) is 5.47. The molecule has 16 heavy (non-hydrogen) atoms. The van der Waals surface area contributed by atoms with Gasteiger partial charge in [0, 0.05) is 17.1 Å². The van der Waals surface area contributed by atoms with E-state index in [4.69, 9.17) is 10.5 Å². The van der Waals surface area contributed by atoms with Gasteiger partial charge in [0.25, 0.3) is 0 Å². The van der Waals surface area contributed by atoms with E-state index in [1.165, 1.54) is 0 Å². The molecule has 0 spiro atoms. The van der Waals surface area contributed by atoms with E-state index < -0.39 is 0 Å². The lowest BCUT2D eigenvalue weighted by molar-refractivity contribution is 0.0221. The Balaban J connectivity index is 2.73. The maximum absolute atomic E-state index is 5.96. The molecule has 0 aliphatic heterocycles. The van der Waals surface area contributed by atoms with E-state index in [-0.39, 0.29) is 12.1 Å². The molecule has 0 amide bonds. The zero-order valence-corrected chi connectivity index (χ0v) is 11.7. The fourth-order valence-corrected chi connectivity index (χ4v) is 1.76. The first-order chi connectivity index (χ1) is 7.50. The lowest BCUT2D eigenvalue weighted by Gasteiger charge is -2.23. The van der Waals surface area contributed by atoms with Gasteiger partial charge >= 0.3 is 0 Å². The SMILES string of the molecule is CC(C)COC(c1ccc(Br)cc1)C(C)N. The van der Waals surface area contributed by atoms with Crippen LogP contribution in [0.25, 0.3) is 0 Å². The van der Waals surface area contributed by atoms with E-state index in [1.54, 1.807) is 0 Å². The van der Waals surface area contributed by atoms with Crippen molar-refractivity contribution in [3.05, 3.63) is 34.3 Å². The molecule has 3 heteroatoms. The fraction of sp³-hybridized carbons (Fsp3) is 0.538. The molecule has 0 fully saturated rings. The third-order valence-electron chi connectivity index (χ3n) is 2.29. The monoisotopic (exact) mass is 285 g/mol. The average Bonchev–Trinajstić information content (AvgIpc) is 2.20. The molecule has 1 rings (SSSR count). The fourth-order valence-electron chi connectivity index (χ4n) is 1.50. The number of benzene rings is 1. The number of halogens is 1. The molecule has 0 bridgehead atoms. The van der Waals surface area contributed by atoms with Crippen LogP contribution in [0.2, 0.25) is 0 Å². The molecule has 0 saturated carbocycles. The van der Waals surface area contributed by atoms with Gasteiger partial charge in [0.1, 0.15) is 0 Å². The van der Waals surface area contributed by atoms with E-state index in [0.717, 1.165) is 16.6 Å². The van der Waals surface area contributed by atoms with Crippen LogP contribution in [-0.2, 0) is 4.74 Å². The quantitative estimate of drug-likeness (QED) is 0.899. The summed E-state index contributed by atoms with van der Waals surface area (Å²) in [5.41, 5.74) is 7.09. The summed E-state index contributed by atoms with van der Waals surface area (Å²) in [5, 5.41) is 0. The Morgan fingerprint density at radius 3 is 2.19 bits per heavy atom. The van der Waals surface area contributed by atoms with Crippen molar-refractivity contribution in [1.82, 2.24) is 0 Å². The van der Waals surface area contributed by atoms with Crippen LogP contribution in [0.5, 0.6) is 0 Å². The molecule has 0 saturated heterocycles. The number of nitrogens with two attached hydrogens (primary N) is 1. The average molecular weight is 286 g/mol. The first kappa shape index (κ1) is 13.7. The highest BCUT2D eigenvalue weighted by Gasteiger charge is 2.17. The molecule has 2 N–H and O–H groups in total. The van der Waals surface area contributed by atoms with Crippen molar-refractivity contribution in [2.75, 3.05) is 6.61 Å². The number of ether oxygens (including phenoxy) is 1. The standard InChI is InChI=1S/C13H20BrNO/c1-9(2)8-16-13(10(3)15)11-4-6-12(14)7-5-11/h4-7,9-10,13H,8,15H2,1-3H3. The summed E-state index contributed by atoms with van der Waals surface area (Å²) in [7, 11) is 0. The first-order valence-corrected chi connectivity index (χ1v) is 6.42. The maximum atomic E-state index is 5.96. The Morgan fingerprint density at radius 2 is 1.75 bits per heavy atom. The topological polar surface area (TPSA) is 35.2 Å². The van der Waals surface area contributed by atoms with Gasteiger partial charge in [0.15, 0.2) is 0 Å². The number of hydrogen-bond donors (Lipinski definition) is 1. The minimum atomic E-state index is -0.0181. The Labute approximate surface area is 106 Å². The molecule has 1 aromatic rings. The molecular weight excluding hydrogens is 266 g/mol. The van der Waals surface area contributed by atoms with Gasteiger partial charge in [-0.15, -0.1) is 0 Å². The van der Waals surface area contributed by atoms with Gasteiger partial charge in [0.2, 0.25) is 0 Å². The highest BCUT2D eigenvalue weighted by molar-refractivity contribution is 9.10. The minimum Gasteiger partial charge on any atom is -0.372 e. The summed E-state index contributed by atoms with van der Waals surface area (Å²) in [4.78, 5) is 0. The van der Waals surface area contributed by atoms with Crippen LogP contribution in [0.3, 0.4) is 0 Å². The second-order valence-electron chi connectivity index (χ2n) is 4.56. The molecule has 0 aliphatic rings. The van der Waals surface area contributed by atoms with Gasteiger partial charge in [-0.1, -0.05) is 41.9 Å². The molecule has 0 aliphatic carbocycles. The van der Waals surface area contributed by atoms with Gasteiger partial charge in [-0.25, -0.2) is 0 Å². The summed E-state index contributed by atoms with van der Waals surface area (Å²) >= 11 is 3.42. The van der Waals surface area contributed by atoms with Crippen LogP contribution in [0.1, 0.15) is 32.4 Å². The van der Waals surface area contributed by atoms with E-state index in [1.807, 2.05) is 19.1 Å². The summed E-state index contributed by atoms with van der Waals surface area (Å²) < 4.78 is 6.92. The minimum absolute atomic E-state index is 0.0000690. The molecule has 2 nitrogen and oxygen atoms in total. The predicted octanol–water partition coefficient (Wildman–Crippen LogP) is 3.51. The summed E-state index contributed by atoms with van der Waals surface area (Å²) in [6.45, 7) is 6.99. The number of hydrogen-bond acceptors (Lipinski definition) is 2. The van der Waals surface area contributed by atoms with Crippen molar-refractivity contribution in [1.29, 1.82) is 0 Å². The molecule has 90 valence electrons. The van der Waals surface area contributed by atoms with Crippen molar-refractivity contribution in [3.63, 3.8) is 0 Å². The second kappa shape index (κ2) is 6.38. The smallest absolute Gasteiger partial charge is 0.0973 e. The molecule has 2 atom stereocenters. The lowest BCUT2D eigenvalue weighted by Crippen LogP contribution is -2.28. The zero-order valence-electron chi connectivity index (χ0n) is 10.1. The van der Waals surface area contributed by atoms with Crippen LogP contribution in [-0.4, -0.2) is 12.6 Å². The third kappa shape index (κ3) is 4.24. The van der Waals surface area contributed by atoms with Crippen molar-refractivity contribution in [3.8, 4) is 0 Å². The molecular formula is C13H20BrNO.